The van der Waals surface area contributed by atoms with Crippen molar-refractivity contribution in [2.75, 3.05) is 6.54 Å². The van der Waals surface area contributed by atoms with Gasteiger partial charge in [0.15, 0.2) is 0 Å². The molecule has 0 bridgehead atoms. The van der Waals surface area contributed by atoms with Crippen LogP contribution in [0.4, 0.5) is 0 Å². The second-order valence-electron chi connectivity index (χ2n) is 6.98. The fourth-order valence-electron chi connectivity index (χ4n) is 3.71. The smallest absolute Gasteiger partial charge is 0.319 e. The van der Waals surface area contributed by atoms with Crippen molar-refractivity contribution in [2.24, 2.45) is 10.8 Å². The van der Waals surface area contributed by atoms with Crippen molar-refractivity contribution in [1.29, 1.82) is 0 Å². The van der Waals surface area contributed by atoms with Gasteiger partial charge in [-0.05, 0) is 18.4 Å². The minimum atomic E-state index is -1.16. The largest absolute Gasteiger partial charge is 0.480 e. The molecule has 1 saturated carbocycles. The Labute approximate surface area is 124 Å². The molecule has 2 aliphatic rings. The molecule has 3 rings (SSSR count). The molecule has 0 radical (unpaired) electrons. The molecule has 1 aliphatic carbocycles. The normalized spacial score (nSPS) is 25.6. The van der Waals surface area contributed by atoms with E-state index >= 15 is 0 Å². The van der Waals surface area contributed by atoms with Crippen LogP contribution in [0.1, 0.15) is 44.7 Å². The number of carbonyl (C=O) groups excluding carboxylic acids is 1. The Kier molecular flexibility index (Phi) is 3.08. The van der Waals surface area contributed by atoms with Gasteiger partial charge < -0.3 is 10.0 Å². The average molecular weight is 287 g/mol. The molecule has 1 aromatic rings. The van der Waals surface area contributed by atoms with Crippen LogP contribution in [-0.2, 0) is 9.59 Å². The van der Waals surface area contributed by atoms with Gasteiger partial charge in [-0.3, -0.25) is 9.59 Å². The lowest BCUT2D eigenvalue weighted by Crippen LogP contribution is -2.63. The van der Waals surface area contributed by atoms with Crippen molar-refractivity contribution in [3.8, 4) is 0 Å². The molecule has 1 aromatic carbocycles. The molecule has 0 spiro atoms. The minimum absolute atomic E-state index is 0.0134. The van der Waals surface area contributed by atoms with Crippen molar-refractivity contribution in [3.05, 3.63) is 35.9 Å². The molecule has 0 aromatic heterocycles. The lowest BCUT2D eigenvalue weighted by Gasteiger charge is -2.57. The van der Waals surface area contributed by atoms with Crippen molar-refractivity contribution >= 4 is 11.9 Å². The summed E-state index contributed by atoms with van der Waals surface area (Å²) in [5, 5.41) is 9.46. The fourth-order valence-corrected chi connectivity index (χ4v) is 3.71. The van der Waals surface area contributed by atoms with E-state index < -0.39 is 11.4 Å². The number of carbonyl (C=O) groups is 2. The van der Waals surface area contributed by atoms with Gasteiger partial charge in [-0.25, -0.2) is 0 Å². The Morgan fingerprint density at radius 2 is 1.81 bits per heavy atom. The molecule has 1 unspecified atom stereocenters. The summed E-state index contributed by atoms with van der Waals surface area (Å²) in [4.78, 5) is 26.1. The van der Waals surface area contributed by atoms with E-state index in [9.17, 15) is 14.7 Å². The Balaban J connectivity index is 1.89. The molecular weight excluding hydrogens is 266 g/mol. The van der Waals surface area contributed by atoms with Crippen LogP contribution in [0.5, 0.6) is 0 Å². The molecule has 1 aliphatic heterocycles. The fraction of sp³-hybridized carbons (Fsp3) is 0.529. The molecular formula is C17H21NO3. The molecule has 4 heteroatoms. The summed E-state index contributed by atoms with van der Waals surface area (Å²) in [6.07, 6.45) is 1.77. The van der Waals surface area contributed by atoms with Crippen molar-refractivity contribution in [1.82, 2.24) is 4.90 Å². The second kappa shape index (κ2) is 4.58. The van der Waals surface area contributed by atoms with Crippen LogP contribution in [0, 0.1) is 10.8 Å². The summed E-state index contributed by atoms with van der Waals surface area (Å²) in [5.41, 5.74) is -0.0915. The maximum Gasteiger partial charge on any atom is 0.319 e. The summed E-state index contributed by atoms with van der Waals surface area (Å²) >= 11 is 0. The highest BCUT2D eigenvalue weighted by Crippen LogP contribution is 2.53. The molecule has 1 N–H and O–H groups in total. The van der Waals surface area contributed by atoms with Crippen LogP contribution in [0.15, 0.2) is 30.3 Å². The lowest BCUT2D eigenvalue weighted by atomic mass is 9.64. The molecule has 2 fully saturated rings. The van der Waals surface area contributed by atoms with Gasteiger partial charge in [0.2, 0.25) is 5.91 Å². The van der Waals surface area contributed by atoms with E-state index in [1.807, 2.05) is 30.3 Å². The molecule has 1 heterocycles. The van der Waals surface area contributed by atoms with E-state index in [0.717, 1.165) is 12.0 Å². The predicted octanol–water partition coefficient (Wildman–Crippen LogP) is 2.85. The third-order valence-corrected chi connectivity index (χ3v) is 5.03. The number of rotatable bonds is 3. The van der Waals surface area contributed by atoms with Crippen molar-refractivity contribution < 1.29 is 14.7 Å². The van der Waals surface area contributed by atoms with E-state index in [-0.39, 0.29) is 17.4 Å². The van der Waals surface area contributed by atoms with Gasteiger partial charge >= 0.3 is 5.97 Å². The van der Waals surface area contributed by atoms with E-state index in [2.05, 4.69) is 13.8 Å². The molecule has 4 nitrogen and oxygen atoms in total. The summed E-state index contributed by atoms with van der Waals surface area (Å²) < 4.78 is 0. The van der Waals surface area contributed by atoms with Gasteiger partial charge in [0, 0.05) is 12.0 Å². The maximum absolute atomic E-state index is 12.8. The first-order valence-corrected chi connectivity index (χ1v) is 7.48. The van der Waals surface area contributed by atoms with Crippen LogP contribution >= 0.6 is 0 Å². The van der Waals surface area contributed by atoms with Crippen molar-refractivity contribution in [3.63, 3.8) is 0 Å². The van der Waals surface area contributed by atoms with Crippen LogP contribution < -0.4 is 0 Å². The Morgan fingerprint density at radius 1 is 1.19 bits per heavy atom. The molecule has 1 saturated heterocycles. The average Bonchev–Trinajstić information content (AvgIpc) is 2.35. The Hall–Kier alpha value is -1.84. The number of amides is 1. The first kappa shape index (κ1) is 14.1. The first-order chi connectivity index (χ1) is 9.88. The van der Waals surface area contributed by atoms with Gasteiger partial charge in [0.25, 0.3) is 0 Å². The number of aliphatic carboxylic acids is 1. The Bertz CT molecular complexity index is 575. The Morgan fingerprint density at radius 3 is 2.24 bits per heavy atom. The number of nitrogens with zero attached hydrogens (tertiary/aromatic N) is 1. The minimum Gasteiger partial charge on any atom is -0.480 e. The highest BCUT2D eigenvalue weighted by atomic mass is 16.4. The SMILES string of the molecule is CC1(C)CN(C(=O)C2(C(=O)O)CCC2)C1c1ccccc1. The number of carboxylic acids is 1. The van der Waals surface area contributed by atoms with Crippen LogP contribution in [0.3, 0.4) is 0 Å². The van der Waals surface area contributed by atoms with E-state index in [1.54, 1.807) is 4.90 Å². The zero-order valence-electron chi connectivity index (χ0n) is 12.5. The van der Waals surface area contributed by atoms with Crippen LogP contribution in [0.2, 0.25) is 0 Å². The van der Waals surface area contributed by atoms with Crippen LogP contribution in [0.25, 0.3) is 0 Å². The lowest BCUT2D eigenvalue weighted by molar-refractivity contribution is -0.180. The highest BCUT2D eigenvalue weighted by molar-refractivity contribution is 6.03. The molecule has 1 atom stereocenters. The number of benzene rings is 1. The second-order valence-corrected chi connectivity index (χ2v) is 6.98. The van der Waals surface area contributed by atoms with Crippen molar-refractivity contribution in [2.45, 2.75) is 39.2 Å². The highest BCUT2D eigenvalue weighted by Gasteiger charge is 2.59. The molecule has 112 valence electrons. The van der Waals surface area contributed by atoms with Gasteiger partial charge in [-0.1, -0.05) is 50.6 Å². The molecule has 21 heavy (non-hydrogen) atoms. The topological polar surface area (TPSA) is 57.6 Å². The third-order valence-electron chi connectivity index (χ3n) is 5.03. The maximum atomic E-state index is 12.8. The zero-order valence-corrected chi connectivity index (χ0v) is 12.5. The van der Waals surface area contributed by atoms with Gasteiger partial charge in [-0.15, -0.1) is 0 Å². The summed E-state index contributed by atoms with van der Waals surface area (Å²) in [5.74, 6) is -1.16. The van der Waals surface area contributed by atoms with E-state index in [4.69, 9.17) is 0 Å². The summed E-state index contributed by atoms with van der Waals surface area (Å²) in [6, 6.07) is 9.88. The van der Waals surface area contributed by atoms with Gasteiger partial charge in [-0.2, -0.15) is 0 Å². The number of likely N-dealkylation sites (tertiary alicyclic amines) is 1. The predicted molar refractivity (Wildman–Crippen MR) is 78.6 cm³/mol. The standard InChI is InChI=1S/C17H21NO3/c1-16(2)11-18(13(16)12-7-4-3-5-8-12)14(19)17(15(20)21)9-6-10-17/h3-5,7-8,13H,6,9-11H2,1-2H3,(H,20,21). The zero-order chi connectivity index (χ0) is 15.3. The van der Waals surface area contributed by atoms with Gasteiger partial charge in [0.1, 0.15) is 5.41 Å². The monoisotopic (exact) mass is 287 g/mol. The summed E-state index contributed by atoms with van der Waals surface area (Å²) in [6.45, 7) is 4.88. The summed E-state index contributed by atoms with van der Waals surface area (Å²) in [7, 11) is 0. The van der Waals surface area contributed by atoms with Gasteiger partial charge in [0.05, 0.1) is 6.04 Å². The van der Waals surface area contributed by atoms with E-state index in [0.29, 0.717) is 19.4 Å². The van der Waals surface area contributed by atoms with E-state index in [1.165, 1.54) is 0 Å². The quantitative estimate of drug-likeness (QED) is 0.870. The number of hydrogen-bond donors (Lipinski definition) is 1. The number of carboxylic acid groups (broad SMARTS) is 1. The third kappa shape index (κ3) is 1.96. The first-order valence-electron chi connectivity index (χ1n) is 7.48. The number of hydrogen-bond acceptors (Lipinski definition) is 2. The molecule has 1 amide bonds. The van der Waals surface area contributed by atoms with Crippen LogP contribution in [-0.4, -0.2) is 28.4 Å².